The van der Waals surface area contributed by atoms with Crippen LogP contribution in [0, 0.1) is 5.92 Å². The number of amides is 1. The first-order chi connectivity index (χ1) is 6.50. The van der Waals surface area contributed by atoms with Gasteiger partial charge in [0, 0.05) is 13.2 Å². The van der Waals surface area contributed by atoms with Crippen LogP contribution in [0.5, 0.6) is 0 Å². The molecule has 1 amide bonds. The number of ether oxygens (including phenoxy) is 1. The Bertz CT molecular complexity index is 195. The van der Waals surface area contributed by atoms with Gasteiger partial charge in [-0.15, -0.1) is 0 Å². The summed E-state index contributed by atoms with van der Waals surface area (Å²) in [5, 5.41) is 2.73. The van der Waals surface area contributed by atoms with Gasteiger partial charge in [0.2, 0.25) is 5.91 Å². The number of carbonyl (C=O) groups is 1. The largest absolute Gasteiger partial charge is 0.379 e. The van der Waals surface area contributed by atoms with Gasteiger partial charge < -0.3 is 15.8 Å². The smallest absolute Gasteiger partial charge is 0.239 e. The average molecular weight is 200 g/mol. The molecule has 0 aromatic heterocycles. The van der Waals surface area contributed by atoms with Crippen LogP contribution in [0.25, 0.3) is 0 Å². The van der Waals surface area contributed by atoms with E-state index in [0.29, 0.717) is 13.2 Å². The van der Waals surface area contributed by atoms with Crippen molar-refractivity contribution < 1.29 is 9.53 Å². The second-order valence-corrected chi connectivity index (χ2v) is 4.50. The fourth-order valence-electron chi connectivity index (χ4n) is 0.999. The highest BCUT2D eigenvalue weighted by Crippen LogP contribution is 2.28. The summed E-state index contributed by atoms with van der Waals surface area (Å²) in [4.78, 5) is 11.3. The molecule has 0 atom stereocenters. The summed E-state index contributed by atoms with van der Waals surface area (Å²) in [6.45, 7) is 5.34. The molecule has 4 nitrogen and oxygen atoms in total. The van der Waals surface area contributed by atoms with E-state index in [9.17, 15) is 4.79 Å². The standard InChI is InChI=1S/C10H20N2O2/c1-10(2,11)9(13)12-5-6-14-7-8-3-4-8/h8H,3-7,11H2,1-2H3,(H,12,13). The predicted octanol–water partition coefficient (Wildman–Crippen LogP) is 0.267. The normalized spacial score (nSPS) is 16.8. The molecule has 0 aliphatic heterocycles. The van der Waals surface area contributed by atoms with Crippen molar-refractivity contribution in [2.24, 2.45) is 11.7 Å². The third-order valence-corrected chi connectivity index (χ3v) is 2.17. The number of hydrogen-bond donors (Lipinski definition) is 2. The zero-order valence-electron chi connectivity index (χ0n) is 9.01. The first kappa shape index (κ1) is 11.5. The maximum Gasteiger partial charge on any atom is 0.239 e. The Morgan fingerprint density at radius 1 is 1.57 bits per heavy atom. The molecule has 0 heterocycles. The van der Waals surface area contributed by atoms with Gasteiger partial charge in [-0.25, -0.2) is 0 Å². The van der Waals surface area contributed by atoms with Crippen LogP contribution in [0.1, 0.15) is 26.7 Å². The molecular formula is C10H20N2O2. The number of nitrogens with one attached hydrogen (secondary N) is 1. The van der Waals surface area contributed by atoms with Crippen LogP contribution in [-0.2, 0) is 9.53 Å². The van der Waals surface area contributed by atoms with Crippen LogP contribution >= 0.6 is 0 Å². The Morgan fingerprint density at radius 2 is 2.21 bits per heavy atom. The monoisotopic (exact) mass is 200 g/mol. The van der Waals surface area contributed by atoms with Gasteiger partial charge in [-0.3, -0.25) is 4.79 Å². The summed E-state index contributed by atoms with van der Waals surface area (Å²) in [7, 11) is 0. The van der Waals surface area contributed by atoms with E-state index in [-0.39, 0.29) is 5.91 Å². The first-order valence-corrected chi connectivity index (χ1v) is 5.15. The number of nitrogens with two attached hydrogens (primary N) is 1. The molecule has 0 aromatic rings. The summed E-state index contributed by atoms with van der Waals surface area (Å²) in [6.07, 6.45) is 2.59. The Labute approximate surface area is 85.2 Å². The predicted molar refractivity (Wildman–Crippen MR) is 54.8 cm³/mol. The maximum absolute atomic E-state index is 11.3. The van der Waals surface area contributed by atoms with Crippen LogP contribution in [-0.4, -0.2) is 31.2 Å². The Morgan fingerprint density at radius 3 is 2.71 bits per heavy atom. The highest BCUT2D eigenvalue weighted by molar-refractivity contribution is 5.84. The summed E-state index contributed by atoms with van der Waals surface area (Å²) in [5.74, 6) is 0.643. The molecule has 1 aliphatic carbocycles. The van der Waals surface area contributed by atoms with Gasteiger partial charge in [0.25, 0.3) is 0 Å². The summed E-state index contributed by atoms with van der Waals surface area (Å²) in [6, 6.07) is 0. The fraction of sp³-hybridized carbons (Fsp3) is 0.900. The van der Waals surface area contributed by atoms with E-state index in [2.05, 4.69) is 5.32 Å². The average Bonchev–Trinajstić information content (AvgIpc) is 2.85. The van der Waals surface area contributed by atoms with Crippen molar-refractivity contribution in [3.63, 3.8) is 0 Å². The van der Waals surface area contributed by atoms with Crippen molar-refractivity contribution in [1.82, 2.24) is 5.32 Å². The molecular weight excluding hydrogens is 180 g/mol. The SMILES string of the molecule is CC(C)(N)C(=O)NCCOCC1CC1. The van der Waals surface area contributed by atoms with E-state index in [1.54, 1.807) is 13.8 Å². The quantitative estimate of drug-likeness (QED) is 0.605. The third kappa shape index (κ3) is 4.58. The van der Waals surface area contributed by atoms with Crippen molar-refractivity contribution in [3.05, 3.63) is 0 Å². The van der Waals surface area contributed by atoms with E-state index < -0.39 is 5.54 Å². The highest BCUT2D eigenvalue weighted by Gasteiger charge is 2.22. The molecule has 1 rings (SSSR count). The Hall–Kier alpha value is -0.610. The highest BCUT2D eigenvalue weighted by atomic mass is 16.5. The summed E-state index contributed by atoms with van der Waals surface area (Å²) < 4.78 is 5.37. The van der Waals surface area contributed by atoms with Crippen molar-refractivity contribution in [1.29, 1.82) is 0 Å². The maximum atomic E-state index is 11.3. The van der Waals surface area contributed by atoms with Gasteiger partial charge in [0.1, 0.15) is 0 Å². The molecule has 0 bridgehead atoms. The second kappa shape index (κ2) is 4.75. The number of hydrogen-bond acceptors (Lipinski definition) is 3. The van der Waals surface area contributed by atoms with E-state index in [0.717, 1.165) is 12.5 Å². The second-order valence-electron chi connectivity index (χ2n) is 4.50. The molecule has 0 aromatic carbocycles. The minimum atomic E-state index is -0.795. The minimum Gasteiger partial charge on any atom is -0.379 e. The van der Waals surface area contributed by atoms with E-state index in [1.807, 2.05) is 0 Å². The summed E-state index contributed by atoms with van der Waals surface area (Å²) in [5.41, 5.74) is 4.80. The molecule has 0 unspecified atom stereocenters. The third-order valence-electron chi connectivity index (χ3n) is 2.17. The lowest BCUT2D eigenvalue weighted by Crippen LogP contribution is -2.49. The summed E-state index contributed by atoms with van der Waals surface area (Å²) >= 11 is 0. The van der Waals surface area contributed by atoms with Crippen molar-refractivity contribution in [2.45, 2.75) is 32.2 Å². The molecule has 0 radical (unpaired) electrons. The van der Waals surface area contributed by atoms with Gasteiger partial charge in [-0.2, -0.15) is 0 Å². The van der Waals surface area contributed by atoms with Crippen LogP contribution in [0.3, 0.4) is 0 Å². The van der Waals surface area contributed by atoms with Gasteiger partial charge >= 0.3 is 0 Å². The topological polar surface area (TPSA) is 64.4 Å². The van der Waals surface area contributed by atoms with E-state index in [4.69, 9.17) is 10.5 Å². The Balaban J connectivity index is 1.94. The molecule has 0 spiro atoms. The molecule has 14 heavy (non-hydrogen) atoms. The van der Waals surface area contributed by atoms with Crippen LogP contribution in [0.4, 0.5) is 0 Å². The molecule has 1 saturated carbocycles. The fourth-order valence-corrected chi connectivity index (χ4v) is 0.999. The lowest BCUT2D eigenvalue weighted by Gasteiger charge is -2.17. The molecule has 3 N–H and O–H groups in total. The van der Waals surface area contributed by atoms with Gasteiger partial charge in [-0.1, -0.05) is 0 Å². The van der Waals surface area contributed by atoms with Gasteiger partial charge in [0.15, 0.2) is 0 Å². The van der Waals surface area contributed by atoms with Crippen LogP contribution in [0.2, 0.25) is 0 Å². The first-order valence-electron chi connectivity index (χ1n) is 5.15. The molecule has 1 aliphatic rings. The lowest BCUT2D eigenvalue weighted by molar-refractivity contribution is -0.125. The van der Waals surface area contributed by atoms with Gasteiger partial charge in [0.05, 0.1) is 12.1 Å². The zero-order chi connectivity index (χ0) is 10.6. The van der Waals surface area contributed by atoms with Crippen molar-refractivity contribution in [2.75, 3.05) is 19.8 Å². The molecule has 0 saturated heterocycles. The Kier molecular flexibility index (Phi) is 3.89. The molecule has 1 fully saturated rings. The van der Waals surface area contributed by atoms with Gasteiger partial charge in [-0.05, 0) is 32.6 Å². The van der Waals surface area contributed by atoms with Crippen LogP contribution in [0.15, 0.2) is 0 Å². The molecule has 82 valence electrons. The zero-order valence-corrected chi connectivity index (χ0v) is 9.01. The van der Waals surface area contributed by atoms with E-state index in [1.165, 1.54) is 12.8 Å². The van der Waals surface area contributed by atoms with Crippen LogP contribution < -0.4 is 11.1 Å². The lowest BCUT2D eigenvalue weighted by atomic mass is 10.1. The number of rotatable bonds is 6. The van der Waals surface area contributed by atoms with Crippen molar-refractivity contribution >= 4 is 5.91 Å². The van der Waals surface area contributed by atoms with Crippen molar-refractivity contribution in [3.8, 4) is 0 Å². The minimum absolute atomic E-state index is 0.132. The number of carbonyl (C=O) groups excluding carboxylic acids is 1. The molecule has 4 heteroatoms. The van der Waals surface area contributed by atoms with E-state index >= 15 is 0 Å².